The van der Waals surface area contributed by atoms with E-state index in [1.807, 2.05) is 12.1 Å². The number of hydrogen-bond acceptors (Lipinski definition) is 4. The number of benzene rings is 6. The highest BCUT2D eigenvalue weighted by Gasteiger charge is 2.25. The van der Waals surface area contributed by atoms with Crippen LogP contribution in [0.2, 0.25) is 0 Å². The fourth-order valence-electron chi connectivity index (χ4n) is 7.29. The zero-order chi connectivity index (χ0) is 32.4. The molecule has 0 aliphatic carbocycles. The molecule has 10 aromatic rings. The predicted molar refractivity (Wildman–Crippen MR) is 212 cm³/mol. The van der Waals surface area contributed by atoms with Gasteiger partial charge < -0.3 is 0 Å². The third-order valence-corrected chi connectivity index (χ3v) is 11.8. The van der Waals surface area contributed by atoms with Crippen LogP contribution >= 0.6 is 22.7 Å². The number of aromatic nitrogens is 3. The summed E-state index contributed by atoms with van der Waals surface area (Å²) in [5.74, 6) is 0.494. The van der Waals surface area contributed by atoms with Crippen LogP contribution in [0.15, 0.2) is 97.1 Å². The van der Waals surface area contributed by atoms with Crippen molar-refractivity contribution in [1.82, 2.24) is 14.5 Å². The Balaban J connectivity index is 1.46. The minimum absolute atomic E-state index is 0.164. The molecule has 0 fully saturated rings. The van der Waals surface area contributed by atoms with Crippen LogP contribution in [0.5, 0.6) is 0 Å². The van der Waals surface area contributed by atoms with E-state index in [1.54, 1.807) is 22.7 Å². The van der Waals surface area contributed by atoms with E-state index >= 15 is 0 Å². The summed E-state index contributed by atoms with van der Waals surface area (Å²) in [5.41, 5.74) is 4.85. The topological polar surface area (TPSA) is 30.7 Å². The lowest BCUT2D eigenvalue weighted by atomic mass is 9.60. The van der Waals surface area contributed by atoms with Gasteiger partial charge in [-0.1, -0.05) is 89.8 Å². The zero-order valence-electron chi connectivity index (χ0n) is 25.3. The number of rotatable bonds is 2. The molecule has 0 bridgehead atoms. The molecule has 10 heteroatoms. The number of nitrogens with zero attached hydrogens (tertiary/aromatic N) is 3. The standard InChI is InChI=1S/C38H16B5N3S2/c39-28-27(29(40)31(42)32(43)30(28)41)34-37-33(21-13-5-8-16-24(21)48-37)44-38(45-34)46-22-14-6-3-11-19(22)25-17-9-1-2-10-18(17)26-20-12-4-7-15-23(20)47-36(26)35(25)46/h1-16H. The molecule has 210 valence electrons. The molecule has 0 saturated heterocycles. The average Bonchev–Trinajstić information content (AvgIpc) is 3.80. The lowest BCUT2D eigenvalue weighted by molar-refractivity contribution is 1.02. The van der Waals surface area contributed by atoms with Crippen molar-refractivity contribution < 1.29 is 0 Å². The number of fused-ring (bicyclic) bond motifs is 13. The Morgan fingerprint density at radius 2 is 1.00 bits per heavy atom. The van der Waals surface area contributed by atoms with Gasteiger partial charge in [-0.05, 0) is 34.5 Å². The first kappa shape index (κ1) is 28.3. The minimum atomic E-state index is 0.164. The lowest BCUT2D eigenvalue weighted by Crippen LogP contribution is -2.55. The van der Waals surface area contributed by atoms with Crippen molar-refractivity contribution in [3.8, 4) is 17.2 Å². The highest BCUT2D eigenvalue weighted by Crippen LogP contribution is 2.48. The van der Waals surface area contributed by atoms with Crippen molar-refractivity contribution in [3.63, 3.8) is 0 Å². The van der Waals surface area contributed by atoms with Gasteiger partial charge >= 0.3 is 0 Å². The summed E-state index contributed by atoms with van der Waals surface area (Å²) in [6.45, 7) is 0. The van der Waals surface area contributed by atoms with E-state index < -0.39 is 0 Å². The van der Waals surface area contributed by atoms with Crippen LogP contribution in [-0.4, -0.2) is 53.8 Å². The highest BCUT2D eigenvalue weighted by molar-refractivity contribution is 7.27. The van der Waals surface area contributed by atoms with Gasteiger partial charge in [0.25, 0.3) is 0 Å². The molecular formula is C38H16B5N3S2. The summed E-state index contributed by atoms with van der Waals surface area (Å²) < 4.78 is 6.48. The van der Waals surface area contributed by atoms with Crippen LogP contribution in [0.25, 0.3) is 90.3 Å². The molecule has 10 radical (unpaired) electrons. The number of thiophene rings is 2. The van der Waals surface area contributed by atoms with Crippen molar-refractivity contribution >= 4 is 162 Å². The largest absolute Gasteiger partial charge is 0.276 e. The van der Waals surface area contributed by atoms with Gasteiger partial charge in [0.15, 0.2) is 0 Å². The van der Waals surface area contributed by atoms with Gasteiger partial charge in [0.2, 0.25) is 5.95 Å². The maximum absolute atomic E-state index is 6.70. The molecular weight excluding hydrogens is 617 g/mol. The van der Waals surface area contributed by atoms with Crippen molar-refractivity contribution in [1.29, 1.82) is 0 Å². The van der Waals surface area contributed by atoms with Gasteiger partial charge in [-0.15, -0.1) is 39.1 Å². The first-order chi connectivity index (χ1) is 23.4. The Bertz CT molecular complexity index is 3000. The second-order valence-corrected chi connectivity index (χ2v) is 14.1. The predicted octanol–water partition coefficient (Wildman–Crippen LogP) is 5.10. The monoisotopic (exact) mass is 633 g/mol. The zero-order valence-corrected chi connectivity index (χ0v) is 26.9. The molecule has 0 amide bonds. The van der Waals surface area contributed by atoms with Crippen LogP contribution in [0.3, 0.4) is 0 Å². The van der Waals surface area contributed by atoms with E-state index in [1.165, 1.54) is 30.9 Å². The Kier molecular flexibility index (Phi) is 5.95. The van der Waals surface area contributed by atoms with E-state index in [2.05, 4.69) is 89.5 Å². The van der Waals surface area contributed by atoms with Gasteiger partial charge in [-0.2, -0.15) is 0 Å². The normalized spacial score (nSPS) is 12.2. The molecule has 4 aromatic heterocycles. The molecule has 0 saturated carbocycles. The number of para-hydroxylation sites is 1. The van der Waals surface area contributed by atoms with Crippen LogP contribution < -0.4 is 27.3 Å². The Labute approximate surface area is 289 Å². The van der Waals surface area contributed by atoms with E-state index in [0.29, 0.717) is 17.2 Å². The molecule has 0 N–H and O–H groups in total. The second-order valence-electron chi connectivity index (χ2n) is 12.0. The lowest BCUT2D eigenvalue weighted by Gasteiger charge is -2.21. The average molecular weight is 633 g/mol. The smallest absolute Gasteiger partial charge is 0.235 e. The molecule has 0 unspecified atom stereocenters. The SMILES string of the molecule is [B]c1c([B])c([B])c(-c2nc(-n3c4ccccc4c4c5ccccc5c5c6ccccc6sc5c43)nc3c2sc2ccccc23)c([B])c1[B]. The van der Waals surface area contributed by atoms with E-state index in [4.69, 9.17) is 49.2 Å². The quantitative estimate of drug-likeness (QED) is 0.249. The van der Waals surface area contributed by atoms with Crippen LogP contribution in [0.1, 0.15) is 0 Å². The molecule has 10 rings (SSSR count). The maximum atomic E-state index is 6.70. The molecule has 48 heavy (non-hydrogen) atoms. The van der Waals surface area contributed by atoms with Crippen LogP contribution in [0.4, 0.5) is 0 Å². The molecule has 0 aliphatic heterocycles. The van der Waals surface area contributed by atoms with Gasteiger partial charge in [0.05, 0.1) is 31.6 Å². The van der Waals surface area contributed by atoms with Gasteiger partial charge in [-0.3, -0.25) is 4.57 Å². The van der Waals surface area contributed by atoms with E-state index in [9.17, 15) is 0 Å². The van der Waals surface area contributed by atoms with Crippen molar-refractivity contribution in [3.05, 3.63) is 97.1 Å². The van der Waals surface area contributed by atoms with Crippen molar-refractivity contribution in [2.75, 3.05) is 0 Å². The Morgan fingerprint density at radius 3 is 1.71 bits per heavy atom. The molecule has 3 nitrogen and oxygen atoms in total. The molecule has 4 heterocycles. The molecule has 6 aromatic carbocycles. The summed E-state index contributed by atoms with van der Waals surface area (Å²) in [7, 11) is 32.4. The van der Waals surface area contributed by atoms with Crippen LogP contribution in [-0.2, 0) is 0 Å². The molecule has 0 atom stereocenters. The fourth-order valence-corrected chi connectivity index (χ4v) is 9.68. The third-order valence-electron chi connectivity index (χ3n) is 9.50. The second kappa shape index (κ2) is 10.1. The first-order valence-electron chi connectivity index (χ1n) is 15.4. The summed E-state index contributed by atoms with van der Waals surface area (Å²) in [5, 5.41) is 8.11. The van der Waals surface area contributed by atoms with Crippen molar-refractivity contribution in [2.24, 2.45) is 0 Å². The minimum Gasteiger partial charge on any atom is -0.276 e. The molecule has 0 spiro atoms. The van der Waals surface area contributed by atoms with Gasteiger partial charge in [0.1, 0.15) is 39.2 Å². The highest BCUT2D eigenvalue weighted by atomic mass is 32.1. The Morgan fingerprint density at radius 1 is 0.479 bits per heavy atom. The Hall–Kier alpha value is -4.78. The van der Waals surface area contributed by atoms with Gasteiger partial charge in [0, 0.05) is 36.3 Å². The van der Waals surface area contributed by atoms with E-state index in [0.717, 1.165) is 42.1 Å². The fraction of sp³-hybridized carbons (Fsp3) is 0. The maximum Gasteiger partial charge on any atom is 0.235 e. The van der Waals surface area contributed by atoms with E-state index in [-0.39, 0.29) is 27.3 Å². The first-order valence-corrected chi connectivity index (χ1v) is 17.0. The summed E-state index contributed by atoms with van der Waals surface area (Å²) in [6, 6.07) is 33.9. The summed E-state index contributed by atoms with van der Waals surface area (Å²) >= 11 is 3.37. The summed E-state index contributed by atoms with van der Waals surface area (Å²) in [4.78, 5) is 10.7. The van der Waals surface area contributed by atoms with Crippen molar-refractivity contribution in [2.45, 2.75) is 0 Å². The third kappa shape index (κ3) is 3.65. The number of hydrogen-bond donors (Lipinski definition) is 0. The van der Waals surface area contributed by atoms with Crippen LogP contribution in [0, 0.1) is 0 Å². The summed E-state index contributed by atoms with van der Waals surface area (Å²) in [6.07, 6.45) is 0. The van der Waals surface area contributed by atoms with Gasteiger partial charge in [-0.25, -0.2) is 9.97 Å². The molecule has 0 aliphatic rings.